The topological polar surface area (TPSA) is 120 Å². The molecule has 30 heavy (non-hydrogen) atoms. The average Bonchev–Trinajstić information content (AvgIpc) is 3.16. The zero-order chi connectivity index (χ0) is 21.6. The fourth-order valence-electron chi connectivity index (χ4n) is 3.90. The lowest BCUT2D eigenvalue weighted by molar-refractivity contribution is 0.312. The number of aromatic nitrogens is 3. The molecule has 0 saturated heterocycles. The predicted octanol–water partition coefficient (Wildman–Crippen LogP) is 2.16. The highest BCUT2D eigenvalue weighted by Gasteiger charge is 2.21. The zero-order valence-corrected chi connectivity index (χ0v) is 18.1. The lowest BCUT2D eigenvalue weighted by Gasteiger charge is -2.27. The van der Waals surface area contributed by atoms with Crippen LogP contribution in [0.25, 0.3) is 17.1 Å². The van der Waals surface area contributed by atoms with Crippen molar-refractivity contribution >= 4 is 15.8 Å². The van der Waals surface area contributed by atoms with Gasteiger partial charge in [-0.15, -0.1) is 0 Å². The summed E-state index contributed by atoms with van der Waals surface area (Å²) in [5.74, 6) is 0.714. The number of benzene rings is 1. The molecule has 158 valence electrons. The van der Waals surface area contributed by atoms with Crippen molar-refractivity contribution in [2.24, 2.45) is 5.14 Å². The highest BCUT2D eigenvalue weighted by atomic mass is 32.2. The van der Waals surface area contributed by atoms with Crippen LogP contribution in [0.4, 0.5) is 5.82 Å². The van der Waals surface area contributed by atoms with Gasteiger partial charge in [0.1, 0.15) is 0 Å². The molecule has 1 aliphatic rings. The normalized spacial score (nSPS) is 15.7. The first-order valence-corrected chi connectivity index (χ1v) is 11.4. The van der Waals surface area contributed by atoms with Crippen LogP contribution in [0.1, 0.15) is 34.4 Å². The van der Waals surface area contributed by atoms with E-state index in [4.69, 9.17) is 15.9 Å². The lowest BCUT2D eigenvalue weighted by Crippen LogP contribution is -2.27. The van der Waals surface area contributed by atoms with Crippen LogP contribution < -0.4 is 10.9 Å². The molecule has 4 N–H and O–H groups in total. The summed E-state index contributed by atoms with van der Waals surface area (Å²) in [7, 11) is -1.57. The number of primary sulfonamides is 1. The van der Waals surface area contributed by atoms with Gasteiger partial charge in [0.15, 0.2) is 11.6 Å². The van der Waals surface area contributed by atoms with Crippen LogP contribution in [0, 0.1) is 6.92 Å². The van der Waals surface area contributed by atoms with Gasteiger partial charge in [0.25, 0.3) is 0 Å². The van der Waals surface area contributed by atoms with Gasteiger partial charge >= 0.3 is 0 Å². The van der Waals surface area contributed by atoms with Crippen LogP contribution in [-0.2, 0) is 23.0 Å². The van der Waals surface area contributed by atoms with Crippen LogP contribution in [0.2, 0.25) is 0 Å². The minimum Gasteiger partial charge on any atom is -0.381 e. The van der Waals surface area contributed by atoms with Crippen LogP contribution in [0.5, 0.6) is 0 Å². The Labute approximate surface area is 176 Å². The highest BCUT2D eigenvalue weighted by Crippen LogP contribution is 2.29. The van der Waals surface area contributed by atoms with E-state index in [9.17, 15) is 8.42 Å². The maximum absolute atomic E-state index is 11.7. The molecule has 4 rings (SSSR count). The average molecular weight is 427 g/mol. The minimum atomic E-state index is -3.69. The summed E-state index contributed by atoms with van der Waals surface area (Å²) in [6.45, 7) is 5.65. The van der Waals surface area contributed by atoms with Crippen molar-refractivity contribution < 1.29 is 8.42 Å². The molecule has 0 saturated carbocycles. The monoisotopic (exact) mass is 426 g/mol. The first-order valence-electron chi connectivity index (χ1n) is 9.77. The van der Waals surface area contributed by atoms with Crippen molar-refractivity contribution in [2.45, 2.75) is 32.1 Å². The smallest absolute Gasteiger partial charge is 0.215 e. The van der Waals surface area contributed by atoms with E-state index >= 15 is 0 Å². The molecule has 0 radical (unpaired) electrons. The Hall–Kier alpha value is -2.75. The van der Waals surface area contributed by atoms with E-state index in [-0.39, 0.29) is 5.82 Å². The molecule has 2 aromatic heterocycles. The number of nitrogen functional groups attached to an aromatic ring is 1. The largest absolute Gasteiger partial charge is 0.381 e. The number of nitrogens with zero attached hydrogens (tertiary/aromatic N) is 4. The standard InChI is InChI=1S/C21H26N6O2S/c1-13-8-16(9-17-11-26(3)6-5-18(13)17)19-10-24-20(22)21(25-19)27-7-4-15(12-27)14(2)30(23,28)29/h4,7-10,12,14H,5-6,11H2,1-3H3,(H2,22,24)(H2,23,28,29). The summed E-state index contributed by atoms with van der Waals surface area (Å²) in [5.41, 5.74) is 12.3. The number of fused-ring (bicyclic) bond motifs is 1. The maximum Gasteiger partial charge on any atom is 0.215 e. The van der Waals surface area contributed by atoms with E-state index in [1.807, 2.05) is 0 Å². The van der Waals surface area contributed by atoms with Gasteiger partial charge in [0.2, 0.25) is 10.0 Å². The van der Waals surface area contributed by atoms with Crippen LogP contribution in [-0.4, -0.2) is 41.4 Å². The van der Waals surface area contributed by atoms with Gasteiger partial charge in [-0.3, -0.25) is 0 Å². The molecule has 8 nitrogen and oxygen atoms in total. The number of hydrogen-bond acceptors (Lipinski definition) is 6. The van der Waals surface area contributed by atoms with Crippen molar-refractivity contribution in [2.75, 3.05) is 19.3 Å². The number of hydrogen-bond donors (Lipinski definition) is 2. The van der Waals surface area contributed by atoms with E-state index in [2.05, 4.69) is 36.0 Å². The molecule has 3 aromatic rings. The number of sulfonamides is 1. The zero-order valence-electron chi connectivity index (χ0n) is 17.3. The van der Waals surface area contributed by atoms with Gasteiger partial charge in [0.05, 0.1) is 17.1 Å². The SMILES string of the molecule is Cc1cc(-c2cnc(N)c(-n3ccc(C(C)S(N)(=O)=O)c3)n2)cc2c1CCN(C)C2. The van der Waals surface area contributed by atoms with Gasteiger partial charge in [-0.25, -0.2) is 23.5 Å². The third kappa shape index (κ3) is 3.83. The fourth-order valence-corrected chi connectivity index (χ4v) is 4.42. The molecule has 0 fully saturated rings. The molecule has 0 amide bonds. The van der Waals surface area contributed by atoms with Crippen molar-refractivity contribution in [1.82, 2.24) is 19.4 Å². The molecule has 0 aliphatic carbocycles. The summed E-state index contributed by atoms with van der Waals surface area (Å²) in [5, 5.41) is 4.45. The fraction of sp³-hybridized carbons (Fsp3) is 0.333. The molecular weight excluding hydrogens is 400 g/mol. The van der Waals surface area contributed by atoms with Crippen LogP contribution >= 0.6 is 0 Å². The second-order valence-corrected chi connectivity index (χ2v) is 9.85. The number of anilines is 1. The lowest BCUT2D eigenvalue weighted by atomic mass is 9.92. The molecule has 9 heteroatoms. The third-order valence-corrected chi connectivity index (χ3v) is 7.01. The number of aryl methyl sites for hydroxylation is 1. The van der Waals surface area contributed by atoms with Gasteiger partial charge in [-0.1, -0.05) is 0 Å². The Morgan fingerprint density at radius 3 is 2.77 bits per heavy atom. The Kier molecular flexibility index (Phi) is 5.13. The third-order valence-electron chi connectivity index (χ3n) is 5.75. The van der Waals surface area contributed by atoms with E-state index < -0.39 is 15.3 Å². The number of likely N-dealkylation sites (N-methyl/N-ethyl adjacent to an activating group) is 1. The molecule has 0 bridgehead atoms. The van der Waals surface area contributed by atoms with Crippen molar-refractivity contribution in [3.05, 3.63) is 59.0 Å². The van der Waals surface area contributed by atoms with E-state index in [0.29, 0.717) is 17.1 Å². The van der Waals surface area contributed by atoms with Crippen LogP contribution in [0.15, 0.2) is 36.8 Å². The molecular formula is C21H26N6O2S. The van der Waals surface area contributed by atoms with Crippen molar-refractivity contribution in [3.8, 4) is 17.1 Å². The minimum absolute atomic E-state index is 0.263. The molecule has 0 spiro atoms. The van der Waals surface area contributed by atoms with Gasteiger partial charge in [-0.05, 0) is 67.8 Å². The van der Waals surface area contributed by atoms with E-state index in [0.717, 1.165) is 25.1 Å². The Morgan fingerprint density at radius 1 is 1.27 bits per heavy atom. The molecule has 1 aliphatic heterocycles. The summed E-state index contributed by atoms with van der Waals surface area (Å²) in [6, 6.07) is 6.01. The van der Waals surface area contributed by atoms with Crippen molar-refractivity contribution in [3.63, 3.8) is 0 Å². The summed E-state index contributed by atoms with van der Waals surface area (Å²) in [6.07, 6.45) is 6.11. The second kappa shape index (κ2) is 7.50. The molecule has 1 aromatic carbocycles. The summed E-state index contributed by atoms with van der Waals surface area (Å²) >= 11 is 0. The number of nitrogens with two attached hydrogens (primary N) is 2. The second-order valence-electron chi connectivity index (χ2n) is 7.97. The first-order chi connectivity index (χ1) is 14.1. The van der Waals surface area contributed by atoms with Gasteiger partial charge in [-0.2, -0.15) is 0 Å². The Bertz CT molecular complexity index is 1220. The Balaban J connectivity index is 1.74. The summed E-state index contributed by atoms with van der Waals surface area (Å²) < 4.78 is 25.0. The van der Waals surface area contributed by atoms with E-state index in [1.54, 1.807) is 36.1 Å². The molecule has 3 heterocycles. The van der Waals surface area contributed by atoms with Gasteiger partial charge < -0.3 is 15.2 Å². The highest BCUT2D eigenvalue weighted by molar-refractivity contribution is 7.89. The molecule has 1 atom stereocenters. The molecule has 1 unspecified atom stereocenters. The quantitative estimate of drug-likeness (QED) is 0.660. The number of rotatable bonds is 4. The summed E-state index contributed by atoms with van der Waals surface area (Å²) in [4.78, 5) is 11.4. The first kappa shape index (κ1) is 20.5. The van der Waals surface area contributed by atoms with E-state index in [1.165, 1.54) is 16.7 Å². The Morgan fingerprint density at radius 2 is 2.03 bits per heavy atom. The van der Waals surface area contributed by atoms with Crippen molar-refractivity contribution in [1.29, 1.82) is 0 Å². The van der Waals surface area contributed by atoms with Crippen LogP contribution in [0.3, 0.4) is 0 Å². The van der Waals surface area contributed by atoms with Gasteiger partial charge in [0, 0.05) is 31.0 Å². The predicted molar refractivity (Wildman–Crippen MR) is 118 cm³/mol. The maximum atomic E-state index is 11.7.